The summed E-state index contributed by atoms with van der Waals surface area (Å²) in [5.41, 5.74) is 2.07. The largest absolute Gasteiger partial charge is 0.325 e. The van der Waals surface area contributed by atoms with Crippen molar-refractivity contribution in [2.75, 3.05) is 16.9 Å². The molecule has 1 N–H and O–H groups in total. The average Bonchev–Trinajstić information content (AvgIpc) is 2.80. The van der Waals surface area contributed by atoms with E-state index in [1.807, 2.05) is 31.2 Å². The van der Waals surface area contributed by atoms with Gasteiger partial charge in [-0.05, 0) is 49.6 Å². The molecule has 1 aromatic rings. The van der Waals surface area contributed by atoms with E-state index in [0.717, 1.165) is 30.7 Å². The number of hydrogen-bond acceptors (Lipinski definition) is 2. The van der Waals surface area contributed by atoms with Gasteiger partial charge in [-0.1, -0.05) is 12.1 Å². The molecule has 4 heteroatoms. The summed E-state index contributed by atoms with van der Waals surface area (Å²) in [7, 11) is 0. The van der Waals surface area contributed by atoms with Gasteiger partial charge < -0.3 is 5.32 Å². The Bertz CT molecular complexity index is 412. The Morgan fingerprint density at radius 1 is 1.44 bits per heavy atom. The fraction of sp³-hybridized carbons (Fsp3) is 0.500. The van der Waals surface area contributed by atoms with Gasteiger partial charge >= 0.3 is 0 Å². The van der Waals surface area contributed by atoms with Gasteiger partial charge in [-0.15, -0.1) is 23.4 Å². The van der Waals surface area contributed by atoms with Crippen LogP contribution in [-0.2, 0) is 11.2 Å². The van der Waals surface area contributed by atoms with Crippen LogP contribution in [0, 0.1) is 0 Å². The van der Waals surface area contributed by atoms with Crippen LogP contribution in [0.25, 0.3) is 0 Å². The highest BCUT2D eigenvalue weighted by Gasteiger charge is 2.37. The third-order valence-corrected chi connectivity index (χ3v) is 5.00. The van der Waals surface area contributed by atoms with Gasteiger partial charge in [-0.2, -0.15) is 0 Å². The Balaban J connectivity index is 1.98. The number of thioether (sulfide) groups is 1. The van der Waals surface area contributed by atoms with Gasteiger partial charge in [-0.25, -0.2) is 0 Å². The third-order valence-electron chi connectivity index (χ3n) is 3.29. The smallest absolute Gasteiger partial charge is 0.240 e. The molecular formula is C14H18ClNOS. The molecule has 0 aliphatic carbocycles. The van der Waals surface area contributed by atoms with Crippen molar-refractivity contribution in [2.45, 2.75) is 30.9 Å². The lowest BCUT2D eigenvalue weighted by atomic mass is 10.0. The number of halogens is 1. The average molecular weight is 284 g/mol. The molecular weight excluding hydrogens is 266 g/mol. The monoisotopic (exact) mass is 283 g/mol. The topological polar surface area (TPSA) is 29.1 Å². The van der Waals surface area contributed by atoms with E-state index in [4.69, 9.17) is 11.6 Å². The summed E-state index contributed by atoms with van der Waals surface area (Å²) in [6.45, 7) is 2.03. The van der Waals surface area contributed by atoms with Gasteiger partial charge in [0.25, 0.3) is 0 Å². The lowest BCUT2D eigenvalue weighted by Crippen LogP contribution is -2.34. The zero-order valence-corrected chi connectivity index (χ0v) is 12.1. The minimum absolute atomic E-state index is 0.120. The van der Waals surface area contributed by atoms with Crippen molar-refractivity contribution in [1.29, 1.82) is 0 Å². The molecule has 18 heavy (non-hydrogen) atoms. The number of aryl methyl sites for hydroxylation is 1. The van der Waals surface area contributed by atoms with E-state index in [0.29, 0.717) is 5.88 Å². The summed E-state index contributed by atoms with van der Waals surface area (Å²) in [6, 6.07) is 7.93. The van der Waals surface area contributed by atoms with Crippen molar-refractivity contribution in [2.24, 2.45) is 0 Å². The van der Waals surface area contributed by atoms with Crippen molar-refractivity contribution >= 4 is 35.0 Å². The van der Waals surface area contributed by atoms with Crippen molar-refractivity contribution in [3.05, 3.63) is 29.8 Å². The Labute approximate surface area is 117 Å². The number of carbonyl (C=O) groups excluding carboxylic acids is 1. The number of anilines is 1. The standard InChI is InChI=1S/C14H18ClNOS/c1-14(8-2-10-18-14)13(17)16-12-5-3-11(4-6-12)7-9-15/h3-6H,2,7-10H2,1H3,(H,16,17). The second kappa shape index (κ2) is 5.98. The molecule has 0 saturated carbocycles. The SMILES string of the molecule is CC1(C(=O)Nc2ccc(CCCl)cc2)CCCS1. The van der Waals surface area contributed by atoms with Crippen LogP contribution in [0.2, 0.25) is 0 Å². The van der Waals surface area contributed by atoms with E-state index >= 15 is 0 Å². The minimum Gasteiger partial charge on any atom is -0.325 e. The van der Waals surface area contributed by atoms with Crippen molar-refractivity contribution in [3.8, 4) is 0 Å². The van der Waals surface area contributed by atoms with Gasteiger partial charge in [-0.3, -0.25) is 4.79 Å². The lowest BCUT2D eigenvalue weighted by Gasteiger charge is -2.21. The minimum atomic E-state index is -0.255. The number of amides is 1. The first-order valence-electron chi connectivity index (χ1n) is 6.24. The Hall–Kier alpha value is -0.670. The molecule has 1 aromatic carbocycles. The predicted molar refractivity (Wildman–Crippen MR) is 79.6 cm³/mol. The Morgan fingerprint density at radius 3 is 2.72 bits per heavy atom. The molecule has 0 spiro atoms. The molecule has 1 unspecified atom stereocenters. The number of hydrogen-bond donors (Lipinski definition) is 1. The van der Waals surface area contributed by atoms with Crippen LogP contribution >= 0.6 is 23.4 Å². The summed E-state index contributed by atoms with van der Waals surface area (Å²) >= 11 is 7.45. The normalized spacial score (nSPS) is 23.0. The summed E-state index contributed by atoms with van der Waals surface area (Å²) in [6.07, 6.45) is 2.96. The second-order valence-corrected chi connectivity index (χ2v) is 6.75. The third kappa shape index (κ3) is 3.21. The molecule has 1 aliphatic rings. The number of benzene rings is 1. The van der Waals surface area contributed by atoms with E-state index in [2.05, 4.69) is 5.32 Å². The molecule has 2 rings (SSSR count). The van der Waals surface area contributed by atoms with Crippen LogP contribution in [0.5, 0.6) is 0 Å². The van der Waals surface area contributed by atoms with Gasteiger partial charge in [0.05, 0.1) is 4.75 Å². The van der Waals surface area contributed by atoms with E-state index in [1.54, 1.807) is 11.8 Å². The zero-order valence-electron chi connectivity index (χ0n) is 10.5. The zero-order chi connectivity index (χ0) is 13.0. The molecule has 1 fully saturated rings. The van der Waals surface area contributed by atoms with Crippen molar-refractivity contribution < 1.29 is 4.79 Å². The van der Waals surface area contributed by atoms with Gasteiger partial charge in [0, 0.05) is 11.6 Å². The molecule has 2 nitrogen and oxygen atoms in total. The van der Waals surface area contributed by atoms with Crippen LogP contribution in [0.3, 0.4) is 0 Å². The molecule has 0 radical (unpaired) electrons. The number of alkyl halides is 1. The quantitative estimate of drug-likeness (QED) is 0.854. The molecule has 1 aliphatic heterocycles. The summed E-state index contributed by atoms with van der Waals surface area (Å²) in [4.78, 5) is 12.2. The molecule has 1 atom stereocenters. The maximum absolute atomic E-state index is 12.2. The maximum Gasteiger partial charge on any atom is 0.240 e. The highest BCUT2D eigenvalue weighted by atomic mass is 35.5. The first kappa shape index (κ1) is 13.8. The first-order valence-corrected chi connectivity index (χ1v) is 7.76. The predicted octanol–water partition coefficient (Wildman–Crippen LogP) is 3.69. The Kier molecular flexibility index (Phi) is 4.57. The van der Waals surface area contributed by atoms with E-state index in [-0.39, 0.29) is 10.7 Å². The highest BCUT2D eigenvalue weighted by Crippen LogP contribution is 2.38. The van der Waals surface area contributed by atoms with Crippen molar-refractivity contribution in [3.63, 3.8) is 0 Å². The lowest BCUT2D eigenvalue weighted by molar-refractivity contribution is -0.118. The van der Waals surface area contributed by atoms with Crippen LogP contribution < -0.4 is 5.32 Å². The first-order chi connectivity index (χ1) is 8.64. The van der Waals surface area contributed by atoms with Gasteiger partial charge in [0.15, 0.2) is 0 Å². The fourth-order valence-corrected chi connectivity index (χ4v) is 3.51. The molecule has 0 aromatic heterocycles. The molecule has 1 heterocycles. The molecule has 98 valence electrons. The van der Waals surface area contributed by atoms with E-state index in [1.165, 1.54) is 5.56 Å². The van der Waals surface area contributed by atoms with Crippen LogP contribution in [-0.4, -0.2) is 22.3 Å². The fourth-order valence-electron chi connectivity index (χ4n) is 2.09. The molecule has 1 amide bonds. The second-order valence-electron chi connectivity index (χ2n) is 4.77. The summed E-state index contributed by atoms with van der Waals surface area (Å²) in [5, 5.41) is 3.00. The van der Waals surface area contributed by atoms with Crippen LogP contribution in [0.4, 0.5) is 5.69 Å². The van der Waals surface area contributed by atoms with Crippen LogP contribution in [0.15, 0.2) is 24.3 Å². The van der Waals surface area contributed by atoms with Crippen molar-refractivity contribution in [1.82, 2.24) is 0 Å². The molecule has 0 bridgehead atoms. The van der Waals surface area contributed by atoms with E-state index < -0.39 is 0 Å². The van der Waals surface area contributed by atoms with Crippen LogP contribution in [0.1, 0.15) is 25.3 Å². The number of nitrogens with one attached hydrogen (secondary N) is 1. The summed E-state index contributed by atoms with van der Waals surface area (Å²) < 4.78 is -0.255. The highest BCUT2D eigenvalue weighted by molar-refractivity contribution is 8.01. The van der Waals surface area contributed by atoms with E-state index in [9.17, 15) is 4.79 Å². The van der Waals surface area contributed by atoms with Gasteiger partial charge in [0.1, 0.15) is 0 Å². The summed E-state index contributed by atoms with van der Waals surface area (Å²) in [5.74, 6) is 1.83. The number of rotatable bonds is 4. The number of carbonyl (C=O) groups is 1. The maximum atomic E-state index is 12.2. The van der Waals surface area contributed by atoms with Gasteiger partial charge in [0.2, 0.25) is 5.91 Å². The Morgan fingerprint density at radius 2 is 2.17 bits per heavy atom. The molecule has 1 saturated heterocycles.